The van der Waals surface area contributed by atoms with Crippen LogP contribution in [0.1, 0.15) is 35.1 Å². The molecule has 1 amide bonds. The van der Waals surface area contributed by atoms with Gasteiger partial charge in [-0.25, -0.2) is 9.67 Å². The normalized spacial score (nSPS) is 10.9. The molecule has 4 aromatic rings. The Kier molecular flexibility index (Phi) is 5.90. The number of aromatic nitrogens is 5. The van der Waals surface area contributed by atoms with Gasteiger partial charge in [0.05, 0.1) is 17.7 Å². The highest BCUT2D eigenvalue weighted by Gasteiger charge is 2.20. The topological polar surface area (TPSA) is 77.6 Å². The van der Waals surface area contributed by atoms with Gasteiger partial charge in [0.25, 0.3) is 5.91 Å². The van der Waals surface area contributed by atoms with Crippen molar-refractivity contribution in [3.63, 3.8) is 0 Å². The molecular formula is C22H21ClN6O. The first kappa shape index (κ1) is 19.8. The van der Waals surface area contributed by atoms with E-state index >= 15 is 0 Å². The SMILES string of the molecule is CCCc1c(C(=O)Nc2ccc(Cn3ccnc3)cc2)nnn1-c1cccc(Cl)c1. The molecule has 30 heavy (non-hydrogen) atoms. The summed E-state index contributed by atoms with van der Waals surface area (Å²) < 4.78 is 3.66. The summed E-state index contributed by atoms with van der Waals surface area (Å²) in [5, 5.41) is 11.9. The molecule has 0 aliphatic carbocycles. The maximum atomic E-state index is 12.9. The number of anilines is 1. The number of hydrogen-bond donors (Lipinski definition) is 1. The first-order valence-electron chi connectivity index (χ1n) is 9.70. The number of halogens is 1. The van der Waals surface area contributed by atoms with Crippen LogP contribution in [0.25, 0.3) is 5.69 Å². The quantitative estimate of drug-likeness (QED) is 0.481. The minimum Gasteiger partial charge on any atom is -0.333 e. The van der Waals surface area contributed by atoms with Gasteiger partial charge in [-0.15, -0.1) is 5.10 Å². The number of amides is 1. The summed E-state index contributed by atoms with van der Waals surface area (Å²) in [6.45, 7) is 2.78. The number of hydrogen-bond acceptors (Lipinski definition) is 4. The van der Waals surface area contributed by atoms with Gasteiger partial charge in [-0.3, -0.25) is 4.79 Å². The third-order valence-electron chi connectivity index (χ3n) is 4.65. The number of nitrogens with one attached hydrogen (secondary N) is 1. The van der Waals surface area contributed by atoms with Crippen molar-refractivity contribution < 1.29 is 4.79 Å². The average molecular weight is 421 g/mol. The van der Waals surface area contributed by atoms with Crippen LogP contribution in [0.5, 0.6) is 0 Å². The monoisotopic (exact) mass is 420 g/mol. The van der Waals surface area contributed by atoms with E-state index in [0.717, 1.165) is 29.9 Å². The van der Waals surface area contributed by atoms with E-state index in [1.165, 1.54) is 0 Å². The van der Waals surface area contributed by atoms with Crippen LogP contribution in [0, 0.1) is 0 Å². The highest BCUT2D eigenvalue weighted by atomic mass is 35.5. The van der Waals surface area contributed by atoms with Gasteiger partial charge in [-0.1, -0.05) is 48.4 Å². The fourth-order valence-corrected chi connectivity index (χ4v) is 3.41. The number of rotatable bonds is 7. The molecule has 0 spiro atoms. The lowest BCUT2D eigenvalue weighted by molar-refractivity contribution is 0.102. The minimum absolute atomic E-state index is 0.283. The van der Waals surface area contributed by atoms with Gasteiger partial charge in [0, 0.05) is 29.6 Å². The van der Waals surface area contributed by atoms with E-state index in [9.17, 15) is 4.79 Å². The first-order chi connectivity index (χ1) is 14.6. The highest BCUT2D eigenvalue weighted by molar-refractivity contribution is 6.30. The van der Waals surface area contributed by atoms with E-state index in [1.807, 2.05) is 47.2 Å². The van der Waals surface area contributed by atoms with Gasteiger partial charge in [0.2, 0.25) is 0 Å². The molecular weight excluding hydrogens is 400 g/mol. The van der Waals surface area contributed by atoms with E-state index in [2.05, 4.69) is 27.5 Å². The molecule has 2 aromatic heterocycles. The minimum atomic E-state index is -0.283. The Balaban J connectivity index is 1.53. The van der Waals surface area contributed by atoms with Gasteiger partial charge in [0.15, 0.2) is 5.69 Å². The number of imidazole rings is 1. The summed E-state index contributed by atoms with van der Waals surface area (Å²) in [5.41, 5.74) is 3.67. The summed E-state index contributed by atoms with van der Waals surface area (Å²) in [6, 6.07) is 15.1. The summed E-state index contributed by atoms with van der Waals surface area (Å²) >= 11 is 6.11. The molecule has 2 heterocycles. The van der Waals surface area contributed by atoms with Crippen molar-refractivity contribution in [1.82, 2.24) is 24.5 Å². The third kappa shape index (κ3) is 4.41. The summed E-state index contributed by atoms with van der Waals surface area (Å²) in [4.78, 5) is 16.9. The van der Waals surface area contributed by atoms with Gasteiger partial charge in [-0.05, 0) is 42.3 Å². The summed E-state index contributed by atoms with van der Waals surface area (Å²) in [6.07, 6.45) is 6.96. The van der Waals surface area contributed by atoms with Crippen molar-refractivity contribution in [3.05, 3.63) is 89.2 Å². The van der Waals surface area contributed by atoms with Crippen LogP contribution in [0.4, 0.5) is 5.69 Å². The summed E-state index contributed by atoms with van der Waals surface area (Å²) in [5.74, 6) is -0.283. The predicted molar refractivity (Wildman–Crippen MR) is 116 cm³/mol. The lowest BCUT2D eigenvalue weighted by Gasteiger charge is -2.09. The van der Waals surface area contributed by atoms with Crippen LogP contribution in [0.2, 0.25) is 5.02 Å². The first-order valence-corrected chi connectivity index (χ1v) is 10.1. The highest BCUT2D eigenvalue weighted by Crippen LogP contribution is 2.20. The molecule has 0 atom stereocenters. The van der Waals surface area contributed by atoms with Crippen molar-refractivity contribution in [2.75, 3.05) is 5.32 Å². The molecule has 152 valence electrons. The lowest BCUT2D eigenvalue weighted by Crippen LogP contribution is -2.15. The zero-order valence-corrected chi connectivity index (χ0v) is 17.3. The van der Waals surface area contributed by atoms with Crippen LogP contribution in [0.3, 0.4) is 0 Å². The van der Waals surface area contributed by atoms with Gasteiger partial charge < -0.3 is 9.88 Å². The Morgan fingerprint density at radius 2 is 2.00 bits per heavy atom. The maximum absolute atomic E-state index is 12.9. The standard InChI is InChI=1S/C22H21ClN6O/c1-2-4-20-21(26-27-29(20)19-6-3-5-17(23)13-19)22(30)25-18-9-7-16(8-10-18)14-28-12-11-24-15-28/h3,5-13,15H,2,4,14H2,1H3,(H,25,30). The molecule has 0 aliphatic heterocycles. The van der Waals surface area contributed by atoms with Crippen LogP contribution in [0.15, 0.2) is 67.3 Å². The van der Waals surface area contributed by atoms with Crippen LogP contribution < -0.4 is 5.32 Å². The summed E-state index contributed by atoms with van der Waals surface area (Å²) in [7, 11) is 0. The Morgan fingerprint density at radius 1 is 1.17 bits per heavy atom. The van der Waals surface area contributed by atoms with E-state index in [4.69, 9.17) is 11.6 Å². The largest absolute Gasteiger partial charge is 0.333 e. The number of benzene rings is 2. The second-order valence-corrected chi connectivity index (χ2v) is 7.35. The second kappa shape index (κ2) is 8.92. The fraction of sp³-hybridized carbons (Fsp3) is 0.182. The van der Waals surface area contributed by atoms with Crippen molar-refractivity contribution in [1.29, 1.82) is 0 Å². The molecule has 4 rings (SSSR count). The van der Waals surface area contributed by atoms with E-state index < -0.39 is 0 Å². The second-order valence-electron chi connectivity index (χ2n) is 6.91. The smallest absolute Gasteiger partial charge is 0.278 e. The predicted octanol–water partition coefficient (Wildman–Crippen LogP) is 4.37. The van der Waals surface area contributed by atoms with Crippen LogP contribution in [-0.4, -0.2) is 30.5 Å². The number of nitrogens with zero attached hydrogens (tertiary/aromatic N) is 5. The molecule has 0 aliphatic rings. The van der Waals surface area contributed by atoms with Crippen molar-refractivity contribution in [2.45, 2.75) is 26.3 Å². The molecule has 7 nitrogen and oxygen atoms in total. The van der Waals surface area contributed by atoms with Crippen molar-refractivity contribution in [2.24, 2.45) is 0 Å². The van der Waals surface area contributed by atoms with Crippen LogP contribution in [-0.2, 0) is 13.0 Å². The van der Waals surface area contributed by atoms with E-state index in [-0.39, 0.29) is 5.91 Å². The van der Waals surface area contributed by atoms with Crippen LogP contribution >= 0.6 is 11.6 Å². The Hall–Kier alpha value is -3.45. The molecule has 1 N–H and O–H groups in total. The Bertz CT molecular complexity index is 1130. The third-order valence-corrected chi connectivity index (χ3v) is 4.89. The molecule has 0 fully saturated rings. The van der Waals surface area contributed by atoms with Gasteiger partial charge >= 0.3 is 0 Å². The zero-order chi connectivity index (χ0) is 20.9. The van der Waals surface area contributed by atoms with E-state index in [0.29, 0.717) is 22.8 Å². The van der Waals surface area contributed by atoms with Crippen molar-refractivity contribution >= 4 is 23.2 Å². The molecule has 0 saturated heterocycles. The number of carbonyl (C=O) groups is 1. The number of carbonyl (C=O) groups excluding carboxylic acids is 1. The molecule has 0 saturated carbocycles. The zero-order valence-electron chi connectivity index (χ0n) is 16.5. The maximum Gasteiger partial charge on any atom is 0.278 e. The molecule has 0 bridgehead atoms. The van der Waals surface area contributed by atoms with E-state index in [1.54, 1.807) is 29.3 Å². The van der Waals surface area contributed by atoms with Crippen molar-refractivity contribution in [3.8, 4) is 5.69 Å². The molecule has 2 aromatic carbocycles. The Labute approximate surface area is 179 Å². The van der Waals surface area contributed by atoms with Gasteiger partial charge in [0.1, 0.15) is 0 Å². The molecule has 0 radical (unpaired) electrons. The molecule has 8 heteroatoms. The van der Waals surface area contributed by atoms with Gasteiger partial charge in [-0.2, -0.15) is 0 Å². The molecule has 0 unspecified atom stereocenters. The Morgan fingerprint density at radius 3 is 2.70 bits per heavy atom. The average Bonchev–Trinajstić information content (AvgIpc) is 3.40. The lowest BCUT2D eigenvalue weighted by atomic mass is 10.1. The fourth-order valence-electron chi connectivity index (χ4n) is 3.23.